The van der Waals surface area contributed by atoms with Crippen molar-refractivity contribution in [2.75, 3.05) is 13.1 Å². The first-order valence-electron chi connectivity index (χ1n) is 7.37. The van der Waals surface area contributed by atoms with Gasteiger partial charge >= 0.3 is 5.97 Å². The molecule has 1 fully saturated rings. The Hall–Kier alpha value is -1.95. The highest BCUT2D eigenvalue weighted by molar-refractivity contribution is 5.75. The molecule has 6 heteroatoms. The van der Waals surface area contributed by atoms with Gasteiger partial charge in [-0.05, 0) is 31.9 Å². The van der Waals surface area contributed by atoms with Gasteiger partial charge in [-0.3, -0.25) is 14.1 Å². The molecule has 1 unspecified atom stereocenters. The fourth-order valence-corrected chi connectivity index (χ4v) is 3.16. The van der Waals surface area contributed by atoms with Gasteiger partial charge in [-0.2, -0.15) is 0 Å². The normalized spacial score (nSPS) is 23.5. The number of hydrogen-bond donors (Lipinski definition) is 1. The molecule has 21 heavy (non-hydrogen) atoms. The molecule has 0 saturated carbocycles. The standard InChI is InChI=1S/C15H20N4O2/c1-2-15(13(20)21)5-3-7-18(11-15)9-12-10-19-8-4-6-16-14(19)17-12/h4,6,8,10H,2-3,5,7,9,11H2,1H3,(H,20,21). The molecule has 6 nitrogen and oxygen atoms in total. The monoisotopic (exact) mass is 288 g/mol. The summed E-state index contributed by atoms with van der Waals surface area (Å²) in [7, 11) is 0. The van der Waals surface area contributed by atoms with Crippen LogP contribution >= 0.6 is 0 Å². The molecule has 1 atom stereocenters. The highest BCUT2D eigenvalue weighted by Crippen LogP contribution is 2.34. The van der Waals surface area contributed by atoms with E-state index >= 15 is 0 Å². The molecule has 0 radical (unpaired) electrons. The van der Waals surface area contributed by atoms with Gasteiger partial charge in [0.15, 0.2) is 0 Å². The van der Waals surface area contributed by atoms with Crippen molar-refractivity contribution in [3.63, 3.8) is 0 Å². The van der Waals surface area contributed by atoms with Crippen LogP contribution in [-0.2, 0) is 11.3 Å². The van der Waals surface area contributed by atoms with Crippen LogP contribution in [0.5, 0.6) is 0 Å². The van der Waals surface area contributed by atoms with E-state index in [2.05, 4.69) is 14.9 Å². The predicted octanol–water partition coefficient (Wildman–Crippen LogP) is 1.81. The summed E-state index contributed by atoms with van der Waals surface area (Å²) in [5.41, 5.74) is 0.335. The summed E-state index contributed by atoms with van der Waals surface area (Å²) in [6.45, 7) is 4.17. The van der Waals surface area contributed by atoms with Gasteiger partial charge in [0, 0.05) is 31.7 Å². The topological polar surface area (TPSA) is 70.7 Å². The number of aliphatic carboxylic acids is 1. The SMILES string of the molecule is CCC1(C(=O)O)CCCN(Cc2cn3cccnc3n2)C1. The average molecular weight is 288 g/mol. The Labute approximate surface area is 123 Å². The minimum atomic E-state index is -0.675. The van der Waals surface area contributed by atoms with E-state index in [1.54, 1.807) is 6.20 Å². The molecule has 0 aliphatic carbocycles. The van der Waals surface area contributed by atoms with Crippen LogP contribution in [0.4, 0.5) is 0 Å². The van der Waals surface area contributed by atoms with Crippen LogP contribution < -0.4 is 0 Å². The number of carboxylic acids is 1. The molecule has 0 bridgehead atoms. The molecule has 1 aliphatic rings. The van der Waals surface area contributed by atoms with Gasteiger partial charge in [0.25, 0.3) is 0 Å². The fourth-order valence-electron chi connectivity index (χ4n) is 3.16. The van der Waals surface area contributed by atoms with Crippen LogP contribution in [0.2, 0.25) is 0 Å². The Morgan fingerprint density at radius 1 is 1.52 bits per heavy atom. The summed E-state index contributed by atoms with van der Waals surface area (Å²) in [4.78, 5) is 22.5. The van der Waals surface area contributed by atoms with Crippen molar-refractivity contribution in [3.8, 4) is 0 Å². The lowest BCUT2D eigenvalue weighted by atomic mass is 9.77. The van der Waals surface area contributed by atoms with Crippen molar-refractivity contribution in [1.82, 2.24) is 19.3 Å². The smallest absolute Gasteiger partial charge is 0.310 e. The number of hydrogen-bond acceptors (Lipinski definition) is 4. The van der Waals surface area contributed by atoms with Gasteiger partial charge in [0.05, 0.1) is 11.1 Å². The second kappa shape index (κ2) is 5.44. The maximum Gasteiger partial charge on any atom is 0.310 e. The van der Waals surface area contributed by atoms with Crippen LogP contribution in [0, 0.1) is 5.41 Å². The zero-order chi connectivity index (χ0) is 14.9. The van der Waals surface area contributed by atoms with E-state index in [0.29, 0.717) is 25.3 Å². The zero-order valence-corrected chi connectivity index (χ0v) is 12.2. The minimum Gasteiger partial charge on any atom is -0.481 e. The molecule has 112 valence electrons. The van der Waals surface area contributed by atoms with Crippen molar-refractivity contribution in [2.45, 2.75) is 32.7 Å². The van der Waals surface area contributed by atoms with Crippen molar-refractivity contribution < 1.29 is 9.90 Å². The summed E-state index contributed by atoms with van der Waals surface area (Å²) >= 11 is 0. The summed E-state index contributed by atoms with van der Waals surface area (Å²) in [5, 5.41) is 9.53. The lowest BCUT2D eigenvalue weighted by Gasteiger charge is -2.39. The number of rotatable bonds is 4. The number of likely N-dealkylation sites (tertiary alicyclic amines) is 1. The highest BCUT2D eigenvalue weighted by Gasteiger charge is 2.40. The lowest BCUT2D eigenvalue weighted by molar-refractivity contribution is -0.153. The van der Waals surface area contributed by atoms with Crippen LogP contribution in [0.15, 0.2) is 24.7 Å². The molecule has 1 saturated heterocycles. The van der Waals surface area contributed by atoms with Crippen LogP contribution in [0.1, 0.15) is 31.9 Å². The summed E-state index contributed by atoms with van der Waals surface area (Å²) in [5.74, 6) is 0.0101. The van der Waals surface area contributed by atoms with E-state index in [-0.39, 0.29) is 0 Å². The largest absolute Gasteiger partial charge is 0.481 e. The van der Waals surface area contributed by atoms with Crippen LogP contribution in [0.25, 0.3) is 5.78 Å². The number of carboxylic acid groups (broad SMARTS) is 1. The molecule has 0 amide bonds. The number of aromatic nitrogens is 3. The predicted molar refractivity (Wildman–Crippen MR) is 77.9 cm³/mol. The van der Waals surface area contributed by atoms with Crippen LogP contribution in [-0.4, -0.2) is 43.4 Å². The molecule has 2 aromatic rings. The minimum absolute atomic E-state index is 0.597. The number of piperidine rings is 1. The van der Waals surface area contributed by atoms with E-state index < -0.39 is 11.4 Å². The van der Waals surface area contributed by atoms with Crippen molar-refractivity contribution >= 4 is 11.7 Å². The number of carbonyl (C=O) groups is 1. The van der Waals surface area contributed by atoms with Crippen molar-refractivity contribution in [2.24, 2.45) is 5.41 Å². The highest BCUT2D eigenvalue weighted by atomic mass is 16.4. The van der Waals surface area contributed by atoms with Crippen molar-refractivity contribution in [3.05, 3.63) is 30.4 Å². The molecule has 0 aromatic carbocycles. The zero-order valence-electron chi connectivity index (χ0n) is 12.2. The number of imidazole rings is 1. The third kappa shape index (κ3) is 2.63. The summed E-state index contributed by atoms with van der Waals surface area (Å²) < 4.78 is 1.89. The quantitative estimate of drug-likeness (QED) is 0.929. The van der Waals surface area contributed by atoms with Crippen LogP contribution in [0.3, 0.4) is 0 Å². The second-order valence-electron chi connectivity index (χ2n) is 5.81. The molecule has 1 N–H and O–H groups in total. The van der Waals surface area contributed by atoms with Gasteiger partial charge in [-0.15, -0.1) is 0 Å². The maximum atomic E-state index is 11.6. The third-order valence-electron chi connectivity index (χ3n) is 4.46. The second-order valence-corrected chi connectivity index (χ2v) is 5.81. The maximum absolute atomic E-state index is 11.6. The average Bonchev–Trinajstić information content (AvgIpc) is 2.89. The third-order valence-corrected chi connectivity index (χ3v) is 4.46. The van der Waals surface area contributed by atoms with Gasteiger partial charge in [-0.25, -0.2) is 9.97 Å². The molecule has 3 heterocycles. The molecule has 0 spiro atoms. The summed E-state index contributed by atoms with van der Waals surface area (Å²) in [6.07, 6.45) is 7.97. The van der Waals surface area contributed by atoms with Gasteiger partial charge in [0.2, 0.25) is 5.78 Å². The first kappa shape index (κ1) is 14.0. The first-order valence-corrected chi connectivity index (χ1v) is 7.37. The lowest BCUT2D eigenvalue weighted by Crippen LogP contribution is -2.47. The summed E-state index contributed by atoms with van der Waals surface area (Å²) in [6, 6.07) is 1.87. The fraction of sp³-hybridized carbons (Fsp3) is 0.533. The Kier molecular flexibility index (Phi) is 3.63. The Bertz CT molecular complexity index is 621. The Morgan fingerprint density at radius 3 is 3.10 bits per heavy atom. The van der Waals surface area contributed by atoms with E-state index in [4.69, 9.17) is 0 Å². The van der Waals surface area contributed by atoms with Gasteiger partial charge in [-0.1, -0.05) is 6.92 Å². The van der Waals surface area contributed by atoms with E-state index in [9.17, 15) is 9.90 Å². The molecule has 3 rings (SSSR count). The Balaban J connectivity index is 1.76. The molecular formula is C15H20N4O2. The first-order chi connectivity index (χ1) is 10.1. The van der Waals surface area contributed by atoms with Crippen molar-refractivity contribution in [1.29, 1.82) is 0 Å². The van der Waals surface area contributed by atoms with Gasteiger partial charge < -0.3 is 5.11 Å². The molecule has 2 aromatic heterocycles. The Morgan fingerprint density at radius 2 is 2.38 bits per heavy atom. The number of nitrogens with zero attached hydrogens (tertiary/aromatic N) is 4. The number of fused-ring (bicyclic) bond motifs is 1. The molecule has 1 aliphatic heterocycles. The van der Waals surface area contributed by atoms with E-state index in [0.717, 1.165) is 25.1 Å². The molecular weight excluding hydrogens is 268 g/mol. The van der Waals surface area contributed by atoms with E-state index in [1.807, 2.05) is 29.8 Å². The van der Waals surface area contributed by atoms with Gasteiger partial charge in [0.1, 0.15) is 0 Å². The van der Waals surface area contributed by atoms with E-state index in [1.165, 1.54) is 0 Å².